The Bertz CT molecular complexity index is 1400. The Kier molecular flexibility index (Phi) is 7.29. The molecule has 2 atom stereocenters. The maximum Gasteiger partial charge on any atom is 0.451 e. The van der Waals surface area contributed by atoms with Gasteiger partial charge in [-0.1, -0.05) is 6.07 Å². The average Bonchev–Trinajstić information content (AvgIpc) is 3.25. The second-order valence-corrected chi connectivity index (χ2v) is 10.4. The standard InChI is InChI=1S/C24H21F5N4O3S/c1-14-2-9-21(33(14)37(35,36)19-6-4-18(25)5-7-19)22(34)30-11-16-10-15(3-8-20(16)26)17-12-31-23(32-13-17)24(27,28)29/h3-8,10,12-14,21H,2,9,11H2,1H3,(H,30,34). The summed E-state index contributed by atoms with van der Waals surface area (Å²) in [6.45, 7) is 1.36. The second-order valence-electron chi connectivity index (χ2n) is 8.55. The third kappa shape index (κ3) is 5.62. The molecule has 2 aromatic carbocycles. The highest BCUT2D eigenvalue weighted by molar-refractivity contribution is 7.89. The molecule has 1 fully saturated rings. The zero-order chi connectivity index (χ0) is 27.0. The molecule has 4 rings (SSSR count). The third-order valence-electron chi connectivity index (χ3n) is 6.03. The normalized spacial score (nSPS) is 18.6. The molecule has 0 bridgehead atoms. The van der Waals surface area contributed by atoms with Crippen molar-refractivity contribution in [2.75, 3.05) is 0 Å². The minimum absolute atomic E-state index is 0.0322. The number of hydrogen-bond donors (Lipinski definition) is 1. The lowest BCUT2D eigenvalue weighted by Gasteiger charge is -2.27. The molecule has 1 N–H and O–H groups in total. The highest BCUT2D eigenvalue weighted by Gasteiger charge is 2.43. The molecule has 2 heterocycles. The number of carbonyl (C=O) groups excluding carboxylic acids is 1. The van der Waals surface area contributed by atoms with Crippen LogP contribution in [0.5, 0.6) is 0 Å². The Balaban J connectivity index is 1.50. The van der Waals surface area contributed by atoms with E-state index >= 15 is 0 Å². The van der Waals surface area contributed by atoms with Gasteiger partial charge in [0.2, 0.25) is 21.8 Å². The summed E-state index contributed by atoms with van der Waals surface area (Å²) in [5.41, 5.74) is 0.570. The van der Waals surface area contributed by atoms with Crippen molar-refractivity contribution < 1.29 is 35.2 Å². The minimum Gasteiger partial charge on any atom is -0.351 e. The third-order valence-corrected chi connectivity index (χ3v) is 8.07. The molecule has 2 unspecified atom stereocenters. The number of benzene rings is 2. The quantitative estimate of drug-likeness (QED) is 0.471. The van der Waals surface area contributed by atoms with Gasteiger partial charge in [0.05, 0.1) is 4.90 Å². The van der Waals surface area contributed by atoms with E-state index in [1.54, 1.807) is 6.92 Å². The van der Waals surface area contributed by atoms with Gasteiger partial charge in [0.15, 0.2) is 0 Å². The van der Waals surface area contributed by atoms with Crippen LogP contribution in [0, 0.1) is 11.6 Å². The fourth-order valence-electron chi connectivity index (χ4n) is 4.15. The van der Waals surface area contributed by atoms with Gasteiger partial charge in [0, 0.05) is 36.1 Å². The molecule has 0 radical (unpaired) electrons. The van der Waals surface area contributed by atoms with Crippen molar-refractivity contribution >= 4 is 15.9 Å². The van der Waals surface area contributed by atoms with E-state index in [0.717, 1.165) is 47.0 Å². The van der Waals surface area contributed by atoms with Crippen molar-refractivity contribution in [3.8, 4) is 11.1 Å². The first-order chi connectivity index (χ1) is 17.4. The summed E-state index contributed by atoms with van der Waals surface area (Å²) in [7, 11) is -4.11. The number of nitrogens with one attached hydrogen (secondary N) is 1. The van der Waals surface area contributed by atoms with Gasteiger partial charge in [0.1, 0.15) is 17.7 Å². The highest BCUT2D eigenvalue weighted by Crippen LogP contribution is 2.32. The van der Waals surface area contributed by atoms with Gasteiger partial charge in [-0.25, -0.2) is 27.2 Å². The summed E-state index contributed by atoms with van der Waals surface area (Å²) >= 11 is 0. The van der Waals surface area contributed by atoms with Crippen LogP contribution in [0.3, 0.4) is 0 Å². The molecule has 0 aliphatic carbocycles. The fraction of sp³-hybridized carbons (Fsp3) is 0.292. The number of aromatic nitrogens is 2. The highest BCUT2D eigenvalue weighted by atomic mass is 32.2. The van der Waals surface area contributed by atoms with Crippen molar-refractivity contribution in [1.82, 2.24) is 19.6 Å². The first-order valence-corrected chi connectivity index (χ1v) is 12.6. The molecule has 0 saturated carbocycles. The van der Waals surface area contributed by atoms with Gasteiger partial charge in [0.25, 0.3) is 0 Å². The van der Waals surface area contributed by atoms with E-state index in [-0.39, 0.29) is 29.0 Å². The van der Waals surface area contributed by atoms with Crippen LogP contribution >= 0.6 is 0 Å². The van der Waals surface area contributed by atoms with Crippen molar-refractivity contribution in [2.24, 2.45) is 0 Å². The van der Waals surface area contributed by atoms with Crippen LogP contribution in [-0.2, 0) is 27.5 Å². The monoisotopic (exact) mass is 540 g/mol. The molecule has 196 valence electrons. The van der Waals surface area contributed by atoms with Gasteiger partial charge < -0.3 is 5.32 Å². The molecule has 37 heavy (non-hydrogen) atoms. The predicted molar refractivity (Wildman–Crippen MR) is 122 cm³/mol. The molecule has 1 saturated heterocycles. The molecule has 13 heteroatoms. The van der Waals surface area contributed by atoms with E-state index in [9.17, 15) is 35.2 Å². The van der Waals surface area contributed by atoms with Gasteiger partial charge >= 0.3 is 6.18 Å². The summed E-state index contributed by atoms with van der Waals surface area (Å²) in [6, 6.07) is 6.49. The SMILES string of the molecule is CC1CCC(C(=O)NCc2cc(-c3cnc(C(F)(F)F)nc3)ccc2F)N1S(=O)(=O)c1ccc(F)cc1. The van der Waals surface area contributed by atoms with Gasteiger partial charge in [-0.2, -0.15) is 17.5 Å². The smallest absolute Gasteiger partial charge is 0.351 e. The van der Waals surface area contributed by atoms with E-state index < -0.39 is 51.6 Å². The molecule has 1 aromatic heterocycles. The molecule has 1 amide bonds. The summed E-state index contributed by atoms with van der Waals surface area (Å²) in [4.78, 5) is 19.4. The Morgan fingerprint density at radius 2 is 1.68 bits per heavy atom. The zero-order valence-electron chi connectivity index (χ0n) is 19.3. The number of amides is 1. The van der Waals surface area contributed by atoms with Crippen molar-refractivity contribution in [3.63, 3.8) is 0 Å². The molecule has 1 aliphatic rings. The maximum absolute atomic E-state index is 14.4. The topological polar surface area (TPSA) is 92.3 Å². The fourth-order valence-corrected chi connectivity index (χ4v) is 5.99. The van der Waals surface area contributed by atoms with Crippen LogP contribution in [0.2, 0.25) is 0 Å². The van der Waals surface area contributed by atoms with E-state index in [4.69, 9.17) is 0 Å². The second kappa shape index (κ2) is 10.1. The summed E-state index contributed by atoms with van der Waals surface area (Å²) in [5, 5.41) is 2.55. The van der Waals surface area contributed by atoms with Crippen molar-refractivity contribution in [2.45, 2.75) is 49.5 Å². The molecular formula is C24H21F5N4O3S. The van der Waals surface area contributed by atoms with Crippen LogP contribution in [-0.4, -0.2) is 40.7 Å². The number of halogens is 5. The summed E-state index contributed by atoms with van der Waals surface area (Å²) in [6.07, 6.45) is -2.13. The molecule has 0 spiro atoms. The Morgan fingerprint density at radius 3 is 2.30 bits per heavy atom. The first-order valence-electron chi connectivity index (χ1n) is 11.1. The zero-order valence-corrected chi connectivity index (χ0v) is 20.2. The molecule has 1 aliphatic heterocycles. The van der Waals surface area contributed by atoms with Crippen molar-refractivity contribution in [3.05, 3.63) is 77.9 Å². The number of sulfonamides is 1. The average molecular weight is 541 g/mol. The van der Waals surface area contributed by atoms with E-state index in [2.05, 4.69) is 15.3 Å². The summed E-state index contributed by atoms with van der Waals surface area (Å²) < 4.78 is 93.3. The number of hydrogen-bond acceptors (Lipinski definition) is 5. The lowest BCUT2D eigenvalue weighted by Crippen LogP contribution is -2.48. The number of alkyl halides is 3. The minimum atomic E-state index is -4.70. The van der Waals surface area contributed by atoms with Crippen LogP contribution in [0.25, 0.3) is 11.1 Å². The van der Waals surface area contributed by atoms with E-state index in [0.29, 0.717) is 12.0 Å². The van der Waals surface area contributed by atoms with Crippen LogP contribution in [0.15, 0.2) is 59.8 Å². The van der Waals surface area contributed by atoms with Gasteiger partial charge in [-0.05, 0) is 61.7 Å². The molecule has 7 nitrogen and oxygen atoms in total. The number of carbonyl (C=O) groups is 1. The Labute approximate surface area is 209 Å². The van der Waals surface area contributed by atoms with Crippen LogP contribution in [0.1, 0.15) is 31.2 Å². The Morgan fingerprint density at radius 1 is 1.03 bits per heavy atom. The van der Waals surface area contributed by atoms with E-state index in [1.807, 2.05) is 0 Å². The van der Waals surface area contributed by atoms with E-state index in [1.165, 1.54) is 12.1 Å². The molecular weight excluding hydrogens is 519 g/mol. The lowest BCUT2D eigenvalue weighted by atomic mass is 10.0. The van der Waals surface area contributed by atoms with Crippen molar-refractivity contribution in [1.29, 1.82) is 0 Å². The predicted octanol–water partition coefficient (Wildman–Crippen LogP) is 4.30. The van der Waals surface area contributed by atoms with Gasteiger partial charge in [-0.15, -0.1) is 0 Å². The largest absolute Gasteiger partial charge is 0.451 e. The number of rotatable bonds is 6. The van der Waals surface area contributed by atoms with Crippen LogP contribution < -0.4 is 5.32 Å². The first kappa shape index (κ1) is 26.6. The lowest BCUT2D eigenvalue weighted by molar-refractivity contribution is -0.145. The van der Waals surface area contributed by atoms with Crippen LogP contribution in [0.4, 0.5) is 22.0 Å². The number of nitrogens with zero attached hydrogens (tertiary/aromatic N) is 3. The maximum atomic E-state index is 14.4. The molecule has 3 aromatic rings. The van der Waals surface area contributed by atoms with Gasteiger partial charge in [-0.3, -0.25) is 4.79 Å². The summed E-state index contributed by atoms with van der Waals surface area (Å²) in [5.74, 6) is -3.23. The Hall–Kier alpha value is -3.45.